The summed E-state index contributed by atoms with van der Waals surface area (Å²) in [6.07, 6.45) is -7.13. The lowest BCUT2D eigenvalue weighted by atomic mass is 10.1. The van der Waals surface area contributed by atoms with E-state index in [0.717, 1.165) is 23.0 Å². The van der Waals surface area contributed by atoms with E-state index in [9.17, 15) is 35.9 Å². The standard InChI is InChI=1S/C16H11ClF3N5O2.C2H3F3/c17-12-3-1-9(6-21-8-26)5-11(12)14-23-15(27)25(24-14)10-2-4-13(22-7-10)16(18,19)20;1-2(3,4)5/h1-5,7-8H,6H2,(H,21,26)(H,23,24,27);1H3. The van der Waals surface area contributed by atoms with E-state index in [1.807, 2.05) is 0 Å². The number of halogens is 7. The van der Waals surface area contributed by atoms with Crippen molar-refractivity contribution in [2.45, 2.75) is 25.8 Å². The predicted octanol–water partition coefficient (Wildman–Crippen LogP) is 4.11. The number of hydrogen-bond donors (Lipinski definition) is 2. The van der Waals surface area contributed by atoms with Crippen molar-refractivity contribution in [1.29, 1.82) is 0 Å². The monoisotopic (exact) mass is 481 g/mol. The number of aromatic amines is 1. The number of aromatic nitrogens is 4. The number of H-pyrrole nitrogens is 1. The summed E-state index contributed by atoms with van der Waals surface area (Å²) in [6, 6.07) is 6.75. The molecule has 0 aliphatic rings. The third-order valence-corrected chi connectivity index (χ3v) is 3.91. The van der Waals surface area contributed by atoms with Gasteiger partial charge in [0.15, 0.2) is 5.82 Å². The maximum Gasteiger partial charge on any atom is 0.433 e. The summed E-state index contributed by atoms with van der Waals surface area (Å²) in [5.74, 6) is 0.123. The van der Waals surface area contributed by atoms with Crippen LogP contribution in [0.4, 0.5) is 26.3 Å². The molecule has 7 nitrogen and oxygen atoms in total. The second-order valence-electron chi connectivity index (χ2n) is 6.18. The number of carbonyl (C=O) groups excluding carboxylic acids is 1. The number of rotatable bonds is 5. The van der Waals surface area contributed by atoms with Crippen LogP contribution >= 0.6 is 11.6 Å². The summed E-state index contributed by atoms with van der Waals surface area (Å²) in [7, 11) is 0. The lowest BCUT2D eigenvalue weighted by Gasteiger charge is -2.06. The molecule has 0 saturated heterocycles. The van der Waals surface area contributed by atoms with Gasteiger partial charge in [-0.25, -0.2) is 9.78 Å². The van der Waals surface area contributed by atoms with E-state index < -0.39 is 23.7 Å². The molecule has 3 aromatic rings. The summed E-state index contributed by atoms with van der Waals surface area (Å²) < 4.78 is 69.8. The van der Waals surface area contributed by atoms with Gasteiger partial charge in [-0.1, -0.05) is 17.7 Å². The number of alkyl halides is 6. The Morgan fingerprint density at radius 3 is 2.34 bits per heavy atom. The zero-order valence-corrected chi connectivity index (χ0v) is 16.8. The van der Waals surface area contributed by atoms with Gasteiger partial charge < -0.3 is 5.32 Å². The Morgan fingerprint density at radius 2 is 1.81 bits per heavy atom. The molecule has 3 rings (SSSR count). The van der Waals surface area contributed by atoms with E-state index in [4.69, 9.17) is 11.6 Å². The van der Waals surface area contributed by atoms with Crippen molar-refractivity contribution in [3.63, 3.8) is 0 Å². The van der Waals surface area contributed by atoms with E-state index in [0.29, 0.717) is 22.6 Å². The van der Waals surface area contributed by atoms with E-state index in [2.05, 4.69) is 20.4 Å². The number of carbonyl (C=O) groups is 1. The smallest absolute Gasteiger partial charge is 0.355 e. The molecule has 0 aliphatic heterocycles. The molecule has 32 heavy (non-hydrogen) atoms. The fourth-order valence-electron chi connectivity index (χ4n) is 2.32. The molecule has 172 valence electrons. The van der Waals surface area contributed by atoms with E-state index in [1.165, 1.54) is 0 Å². The Kier molecular flexibility index (Phi) is 7.67. The van der Waals surface area contributed by atoms with Crippen molar-refractivity contribution < 1.29 is 31.1 Å². The van der Waals surface area contributed by atoms with Crippen LogP contribution in [0.2, 0.25) is 5.02 Å². The molecule has 0 atom stereocenters. The lowest BCUT2D eigenvalue weighted by molar-refractivity contribution is -0.141. The maximum absolute atomic E-state index is 12.6. The first-order chi connectivity index (χ1) is 14.8. The first kappa shape index (κ1) is 24.9. The Bertz CT molecular complexity index is 1120. The van der Waals surface area contributed by atoms with Crippen LogP contribution in [0.25, 0.3) is 17.1 Å². The number of amides is 1. The highest BCUT2D eigenvalue weighted by atomic mass is 35.5. The van der Waals surface area contributed by atoms with E-state index in [1.54, 1.807) is 18.2 Å². The molecule has 14 heteroatoms. The van der Waals surface area contributed by atoms with Crippen molar-refractivity contribution in [3.05, 3.63) is 63.3 Å². The Balaban J connectivity index is 0.000000654. The number of nitrogens with zero attached hydrogens (tertiary/aromatic N) is 3. The SMILES string of the molecule is CC(F)(F)F.O=CNCc1ccc(Cl)c(-c2nn(-c3ccc(C(F)(F)F)nc3)c(=O)[nH]2)c1. The Hall–Kier alpha value is -3.35. The third kappa shape index (κ3) is 7.11. The van der Waals surface area contributed by atoms with Gasteiger partial charge in [0.2, 0.25) is 6.41 Å². The van der Waals surface area contributed by atoms with Crippen LogP contribution in [0.5, 0.6) is 0 Å². The van der Waals surface area contributed by atoms with Crippen molar-refractivity contribution in [2.24, 2.45) is 0 Å². The van der Waals surface area contributed by atoms with Gasteiger partial charge in [0.05, 0.1) is 16.9 Å². The van der Waals surface area contributed by atoms with Gasteiger partial charge in [0.1, 0.15) is 5.69 Å². The van der Waals surface area contributed by atoms with Crippen LogP contribution in [0, 0.1) is 0 Å². The fraction of sp³-hybridized carbons (Fsp3) is 0.222. The third-order valence-electron chi connectivity index (χ3n) is 3.58. The Labute approximate surface area is 181 Å². The molecule has 0 unspecified atom stereocenters. The number of benzene rings is 1. The first-order valence-corrected chi connectivity index (χ1v) is 8.93. The quantitative estimate of drug-likeness (QED) is 0.424. The van der Waals surface area contributed by atoms with E-state index in [-0.39, 0.29) is 25.0 Å². The highest BCUT2D eigenvalue weighted by molar-refractivity contribution is 6.33. The number of hydrogen-bond acceptors (Lipinski definition) is 4. The highest BCUT2D eigenvalue weighted by Gasteiger charge is 2.32. The first-order valence-electron chi connectivity index (χ1n) is 8.55. The van der Waals surface area contributed by atoms with Crippen molar-refractivity contribution in [3.8, 4) is 17.1 Å². The van der Waals surface area contributed by atoms with Crippen LogP contribution in [0.15, 0.2) is 41.3 Å². The molecule has 1 amide bonds. The average Bonchev–Trinajstić information content (AvgIpc) is 3.07. The van der Waals surface area contributed by atoms with Crippen molar-refractivity contribution in [2.75, 3.05) is 0 Å². The number of pyridine rings is 1. The van der Waals surface area contributed by atoms with Gasteiger partial charge in [-0.15, -0.1) is 5.10 Å². The average molecular weight is 482 g/mol. The van der Waals surface area contributed by atoms with E-state index >= 15 is 0 Å². The molecule has 2 heterocycles. The second kappa shape index (κ2) is 9.85. The zero-order chi connectivity index (χ0) is 24.1. The molecule has 2 N–H and O–H groups in total. The summed E-state index contributed by atoms with van der Waals surface area (Å²) in [4.78, 5) is 28.4. The van der Waals surface area contributed by atoms with Crippen LogP contribution < -0.4 is 11.0 Å². The predicted molar refractivity (Wildman–Crippen MR) is 102 cm³/mol. The minimum atomic E-state index is -4.58. The molecule has 0 fully saturated rings. The largest absolute Gasteiger partial charge is 0.433 e. The van der Waals surface area contributed by atoms with Gasteiger partial charge in [0, 0.05) is 19.0 Å². The van der Waals surface area contributed by atoms with Crippen LogP contribution in [-0.2, 0) is 17.5 Å². The maximum atomic E-state index is 12.6. The highest BCUT2D eigenvalue weighted by Crippen LogP contribution is 2.28. The Morgan fingerprint density at radius 1 is 1.16 bits per heavy atom. The molecular weight excluding hydrogens is 468 g/mol. The topological polar surface area (TPSA) is 92.7 Å². The molecule has 2 aromatic heterocycles. The van der Waals surface area contributed by atoms with Crippen molar-refractivity contribution in [1.82, 2.24) is 25.1 Å². The van der Waals surface area contributed by atoms with Gasteiger partial charge >= 0.3 is 18.0 Å². The second-order valence-corrected chi connectivity index (χ2v) is 6.59. The number of nitrogens with one attached hydrogen (secondary N) is 2. The minimum absolute atomic E-state index is 0.0606. The normalized spacial score (nSPS) is 11.5. The molecule has 0 radical (unpaired) electrons. The zero-order valence-electron chi connectivity index (χ0n) is 16.1. The van der Waals surface area contributed by atoms with Gasteiger partial charge in [-0.2, -0.15) is 31.0 Å². The summed E-state index contributed by atoms with van der Waals surface area (Å²) in [5, 5.41) is 6.88. The molecule has 0 aliphatic carbocycles. The van der Waals surface area contributed by atoms with Gasteiger partial charge in [0.25, 0.3) is 0 Å². The molecule has 0 saturated carbocycles. The fourth-order valence-corrected chi connectivity index (χ4v) is 2.53. The molecule has 1 aromatic carbocycles. The molecule has 0 spiro atoms. The summed E-state index contributed by atoms with van der Waals surface area (Å²) in [6.45, 7) is 0.439. The summed E-state index contributed by atoms with van der Waals surface area (Å²) >= 11 is 6.14. The van der Waals surface area contributed by atoms with Gasteiger partial charge in [-0.05, 0) is 29.8 Å². The van der Waals surface area contributed by atoms with Crippen LogP contribution in [0.1, 0.15) is 18.2 Å². The van der Waals surface area contributed by atoms with Gasteiger partial charge in [-0.3, -0.25) is 9.78 Å². The molecular formula is C18H14ClF6N5O2. The molecule has 0 bridgehead atoms. The van der Waals surface area contributed by atoms with Crippen molar-refractivity contribution >= 4 is 18.0 Å². The van der Waals surface area contributed by atoms with Crippen LogP contribution in [0.3, 0.4) is 0 Å². The lowest BCUT2D eigenvalue weighted by Crippen LogP contribution is -2.17. The minimum Gasteiger partial charge on any atom is -0.355 e. The van der Waals surface area contributed by atoms with Crippen LogP contribution in [-0.4, -0.2) is 32.3 Å². The summed E-state index contributed by atoms with van der Waals surface area (Å²) in [5.41, 5.74) is -0.566.